The molecule has 0 atom stereocenters. The van der Waals surface area contributed by atoms with Gasteiger partial charge in [0.25, 0.3) is 0 Å². The van der Waals surface area contributed by atoms with Gasteiger partial charge in [-0.25, -0.2) is 0 Å². The minimum Gasteiger partial charge on any atom is -0.466 e. The van der Waals surface area contributed by atoms with E-state index in [9.17, 15) is 4.79 Å². The van der Waals surface area contributed by atoms with Gasteiger partial charge in [-0.3, -0.25) is 4.79 Å². The first kappa shape index (κ1) is 6.59. The number of carbonyl (C=O) groups excluding carboxylic acids is 1. The van der Waals surface area contributed by atoms with Gasteiger partial charge in [-0.15, -0.1) is 0 Å². The molecule has 0 aromatic rings. The molecule has 0 unspecified atom stereocenters. The molecular formula is C7H12O2. The van der Waals surface area contributed by atoms with E-state index in [4.69, 9.17) is 4.74 Å². The molecule has 0 aliphatic carbocycles. The first-order chi connectivity index (χ1) is 4.39. The Kier molecular flexibility index (Phi) is 2.55. The molecule has 52 valence electrons. The summed E-state index contributed by atoms with van der Waals surface area (Å²) in [6.07, 6.45) is 5.09. The van der Waals surface area contributed by atoms with Crippen LogP contribution in [0.2, 0.25) is 0 Å². The molecule has 2 heteroatoms. The van der Waals surface area contributed by atoms with E-state index >= 15 is 0 Å². The summed E-state index contributed by atoms with van der Waals surface area (Å²) in [5, 5.41) is 0. The topological polar surface area (TPSA) is 26.3 Å². The van der Waals surface area contributed by atoms with Crippen molar-refractivity contribution in [2.24, 2.45) is 0 Å². The van der Waals surface area contributed by atoms with E-state index in [-0.39, 0.29) is 5.97 Å². The number of ether oxygens (including phenoxy) is 1. The molecule has 1 aliphatic rings. The summed E-state index contributed by atoms with van der Waals surface area (Å²) in [4.78, 5) is 10.6. The molecule has 2 nitrogen and oxygen atoms in total. The first-order valence-corrected chi connectivity index (χ1v) is 3.55. The van der Waals surface area contributed by atoms with Crippen LogP contribution < -0.4 is 0 Å². The molecule has 1 heterocycles. The quantitative estimate of drug-likeness (QED) is 0.462. The Bertz CT molecular complexity index is 89.1. The maximum atomic E-state index is 10.6. The lowest BCUT2D eigenvalue weighted by Gasteiger charge is -2.07. The minimum absolute atomic E-state index is 0.0188. The summed E-state index contributed by atoms with van der Waals surface area (Å²) in [7, 11) is 0. The largest absolute Gasteiger partial charge is 0.466 e. The summed E-state index contributed by atoms with van der Waals surface area (Å²) in [6.45, 7) is 0.638. The average Bonchev–Trinajstić information content (AvgIpc) is 1.79. The van der Waals surface area contributed by atoms with Crippen LogP contribution in [0.3, 0.4) is 0 Å². The van der Waals surface area contributed by atoms with Crippen LogP contribution in [0.5, 0.6) is 0 Å². The SMILES string of the molecule is O=C1CCCCCCO1. The van der Waals surface area contributed by atoms with Crippen molar-refractivity contribution in [2.75, 3.05) is 6.61 Å². The fourth-order valence-electron chi connectivity index (χ4n) is 0.983. The first-order valence-electron chi connectivity index (χ1n) is 3.55. The maximum Gasteiger partial charge on any atom is 0.305 e. The van der Waals surface area contributed by atoms with Gasteiger partial charge in [0.2, 0.25) is 0 Å². The third kappa shape index (κ3) is 2.49. The zero-order valence-electron chi connectivity index (χ0n) is 5.56. The van der Waals surface area contributed by atoms with Crippen molar-refractivity contribution in [1.29, 1.82) is 0 Å². The van der Waals surface area contributed by atoms with Gasteiger partial charge in [-0.05, 0) is 12.8 Å². The zero-order chi connectivity index (χ0) is 6.53. The standard InChI is InChI=1S/C7H12O2/c8-7-5-3-1-2-4-6-9-7/h1-6H2. The van der Waals surface area contributed by atoms with Gasteiger partial charge in [0.15, 0.2) is 0 Å². The van der Waals surface area contributed by atoms with Crippen molar-refractivity contribution in [1.82, 2.24) is 0 Å². The lowest BCUT2D eigenvalue weighted by atomic mass is 10.1. The number of hydrogen-bond acceptors (Lipinski definition) is 2. The summed E-state index contributed by atoms with van der Waals surface area (Å²) in [6, 6.07) is 0. The second kappa shape index (κ2) is 3.49. The Balaban J connectivity index is 2.20. The van der Waals surface area contributed by atoms with Crippen molar-refractivity contribution < 1.29 is 9.53 Å². The van der Waals surface area contributed by atoms with E-state index in [2.05, 4.69) is 0 Å². The number of hydrogen-bond donors (Lipinski definition) is 0. The third-order valence-corrected chi connectivity index (χ3v) is 1.54. The van der Waals surface area contributed by atoms with Crippen molar-refractivity contribution >= 4 is 5.97 Å². The van der Waals surface area contributed by atoms with Crippen molar-refractivity contribution in [3.63, 3.8) is 0 Å². The molecule has 1 fully saturated rings. The van der Waals surface area contributed by atoms with Crippen LogP contribution in [-0.4, -0.2) is 12.6 Å². The van der Waals surface area contributed by atoms with E-state index in [0.29, 0.717) is 13.0 Å². The Morgan fingerprint density at radius 3 is 2.78 bits per heavy atom. The number of esters is 1. The van der Waals surface area contributed by atoms with E-state index < -0.39 is 0 Å². The highest BCUT2D eigenvalue weighted by Gasteiger charge is 2.04. The number of rotatable bonds is 0. The molecule has 0 aromatic carbocycles. The minimum atomic E-state index is -0.0188. The maximum absolute atomic E-state index is 10.6. The summed E-state index contributed by atoms with van der Waals surface area (Å²) < 4.78 is 4.84. The third-order valence-electron chi connectivity index (χ3n) is 1.54. The molecule has 1 aliphatic heterocycles. The highest BCUT2D eigenvalue weighted by molar-refractivity contribution is 5.69. The van der Waals surface area contributed by atoms with Crippen LogP contribution in [0.25, 0.3) is 0 Å². The van der Waals surface area contributed by atoms with Gasteiger partial charge in [0, 0.05) is 6.42 Å². The lowest BCUT2D eigenvalue weighted by molar-refractivity contribution is -0.144. The Morgan fingerprint density at radius 2 is 1.89 bits per heavy atom. The monoisotopic (exact) mass is 128 g/mol. The molecular weight excluding hydrogens is 116 g/mol. The molecule has 9 heavy (non-hydrogen) atoms. The van der Waals surface area contributed by atoms with E-state index in [0.717, 1.165) is 12.8 Å². The van der Waals surface area contributed by atoms with Crippen LogP contribution in [0.15, 0.2) is 0 Å². The Hall–Kier alpha value is -0.530. The number of carbonyl (C=O) groups is 1. The molecule has 0 spiro atoms. The van der Waals surface area contributed by atoms with Gasteiger partial charge in [-0.2, -0.15) is 0 Å². The molecule has 1 rings (SSSR count). The van der Waals surface area contributed by atoms with Crippen LogP contribution >= 0.6 is 0 Å². The summed E-state index contributed by atoms with van der Waals surface area (Å²) >= 11 is 0. The van der Waals surface area contributed by atoms with Crippen molar-refractivity contribution in [3.8, 4) is 0 Å². The Labute approximate surface area is 55.2 Å². The van der Waals surface area contributed by atoms with Crippen LogP contribution in [0.4, 0.5) is 0 Å². The summed E-state index contributed by atoms with van der Waals surface area (Å²) in [5.41, 5.74) is 0. The van der Waals surface area contributed by atoms with Crippen LogP contribution in [-0.2, 0) is 9.53 Å². The van der Waals surface area contributed by atoms with Gasteiger partial charge < -0.3 is 4.74 Å². The highest BCUT2D eigenvalue weighted by atomic mass is 16.5. The molecule has 0 N–H and O–H groups in total. The smallest absolute Gasteiger partial charge is 0.305 e. The molecule has 0 amide bonds. The van der Waals surface area contributed by atoms with Gasteiger partial charge >= 0.3 is 5.97 Å². The van der Waals surface area contributed by atoms with E-state index in [1.165, 1.54) is 12.8 Å². The fraction of sp³-hybridized carbons (Fsp3) is 0.857. The second-order valence-electron chi connectivity index (χ2n) is 2.38. The van der Waals surface area contributed by atoms with Gasteiger partial charge in [-0.1, -0.05) is 12.8 Å². The second-order valence-corrected chi connectivity index (χ2v) is 2.38. The summed E-state index contributed by atoms with van der Waals surface area (Å²) in [5.74, 6) is -0.0188. The van der Waals surface area contributed by atoms with Gasteiger partial charge in [0.05, 0.1) is 6.61 Å². The van der Waals surface area contributed by atoms with Crippen LogP contribution in [0.1, 0.15) is 32.1 Å². The predicted molar refractivity (Wildman–Crippen MR) is 34.0 cm³/mol. The Morgan fingerprint density at radius 1 is 1.11 bits per heavy atom. The fourth-order valence-corrected chi connectivity index (χ4v) is 0.983. The molecule has 0 saturated carbocycles. The van der Waals surface area contributed by atoms with Gasteiger partial charge in [0.1, 0.15) is 0 Å². The lowest BCUT2D eigenvalue weighted by Crippen LogP contribution is -2.07. The molecule has 1 saturated heterocycles. The van der Waals surface area contributed by atoms with E-state index in [1.807, 2.05) is 0 Å². The average molecular weight is 128 g/mol. The highest BCUT2D eigenvalue weighted by Crippen LogP contribution is 2.07. The van der Waals surface area contributed by atoms with Crippen molar-refractivity contribution in [3.05, 3.63) is 0 Å². The van der Waals surface area contributed by atoms with Crippen LogP contribution in [0, 0.1) is 0 Å². The van der Waals surface area contributed by atoms with Crippen molar-refractivity contribution in [2.45, 2.75) is 32.1 Å². The molecule has 0 aromatic heterocycles. The predicted octanol–water partition coefficient (Wildman–Crippen LogP) is 1.49. The molecule has 0 radical (unpaired) electrons. The zero-order valence-corrected chi connectivity index (χ0v) is 5.56. The normalized spacial score (nSPS) is 22.0. The molecule has 0 bridgehead atoms. The number of cyclic esters (lactones) is 1. The van der Waals surface area contributed by atoms with E-state index in [1.54, 1.807) is 0 Å².